The van der Waals surface area contributed by atoms with Crippen LogP contribution < -0.4 is 15.4 Å². The highest BCUT2D eigenvalue weighted by Crippen LogP contribution is 2.17. The van der Waals surface area contributed by atoms with Gasteiger partial charge in [0.1, 0.15) is 5.75 Å². The topological polar surface area (TPSA) is 70.7 Å². The summed E-state index contributed by atoms with van der Waals surface area (Å²) in [5, 5.41) is 5.87. The summed E-state index contributed by atoms with van der Waals surface area (Å²) in [5.74, 6) is 0.518. The van der Waals surface area contributed by atoms with Crippen molar-refractivity contribution in [2.24, 2.45) is 0 Å². The monoisotopic (exact) mass is 355 g/mol. The maximum absolute atomic E-state index is 12.1. The number of carbonyl (C=O) groups excluding carboxylic acids is 2. The van der Waals surface area contributed by atoms with E-state index in [1.165, 1.54) is 4.90 Å². The molecule has 0 aliphatic rings. The van der Waals surface area contributed by atoms with Gasteiger partial charge in [-0.25, -0.2) is 0 Å². The van der Waals surface area contributed by atoms with E-state index in [-0.39, 0.29) is 18.4 Å². The predicted octanol–water partition coefficient (Wildman–Crippen LogP) is 3.23. The molecule has 2 rings (SSSR count). The first-order chi connectivity index (χ1) is 12.5. The number of hydrogen-bond acceptors (Lipinski definition) is 4. The zero-order valence-electron chi connectivity index (χ0n) is 15.4. The van der Waals surface area contributed by atoms with Gasteiger partial charge >= 0.3 is 0 Å². The van der Waals surface area contributed by atoms with Crippen molar-refractivity contribution in [2.75, 3.05) is 37.9 Å². The van der Waals surface area contributed by atoms with Gasteiger partial charge in [-0.05, 0) is 42.8 Å². The van der Waals surface area contributed by atoms with Crippen molar-refractivity contribution >= 4 is 23.2 Å². The fourth-order valence-corrected chi connectivity index (χ4v) is 2.26. The van der Waals surface area contributed by atoms with Crippen LogP contribution in [-0.2, 0) is 4.79 Å². The summed E-state index contributed by atoms with van der Waals surface area (Å²) in [6, 6.07) is 14.4. The molecule has 0 aromatic heterocycles. The molecule has 6 heteroatoms. The quantitative estimate of drug-likeness (QED) is 0.763. The molecule has 2 N–H and O–H groups in total. The van der Waals surface area contributed by atoms with Gasteiger partial charge < -0.3 is 20.3 Å². The van der Waals surface area contributed by atoms with Crippen LogP contribution in [0.5, 0.6) is 5.75 Å². The van der Waals surface area contributed by atoms with Gasteiger partial charge in [0.2, 0.25) is 5.91 Å². The molecule has 0 spiro atoms. The smallest absolute Gasteiger partial charge is 0.253 e. The van der Waals surface area contributed by atoms with E-state index in [0.29, 0.717) is 17.9 Å². The first kappa shape index (κ1) is 19.3. The number of anilines is 2. The van der Waals surface area contributed by atoms with Gasteiger partial charge in [-0.3, -0.25) is 9.59 Å². The molecular formula is C20H25N3O3. The van der Waals surface area contributed by atoms with Gasteiger partial charge in [-0.2, -0.15) is 0 Å². The highest BCUT2D eigenvalue weighted by molar-refractivity contribution is 5.95. The lowest BCUT2D eigenvalue weighted by molar-refractivity contribution is -0.114. The maximum atomic E-state index is 12.1. The zero-order chi connectivity index (χ0) is 18.9. The summed E-state index contributed by atoms with van der Waals surface area (Å²) in [4.78, 5) is 25.5. The highest BCUT2D eigenvalue weighted by atomic mass is 16.5. The van der Waals surface area contributed by atoms with E-state index in [1.54, 1.807) is 44.4 Å². The Hall–Kier alpha value is -3.02. The molecule has 0 saturated carbocycles. The standard InChI is InChI=1S/C20H25N3O3/c1-4-12-26-18-7-5-6-17(13-18)22-19(24)14-21-16-10-8-15(9-11-16)20(25)23(2)3/h5-11,13,21H,4,12,14H2,1-3H3,(H,22,24). The zero-order valence-corrected chi connectivity index (χ0v) is 15.4. The number of ether oxygens (including phenoxy) is 1. The minimum absolute atomic E-state index is 0.0560. The van der Waals surface area contributed by atoms with Crippen molar-refractivity contribution in [1.29, 1.82) is 0 Å². The number of benzene rings is 2. The van der Waals surface area contributed by atoms with Crippen LogP contribution in [0.2, 0.25) is 0 Å². The summed E-state index contributed by atoms with van der Waals surface area (Å²) in [6.07, 6.45) is 0.930. The summed E-state index contributed by atoms with van der Waals surface area (Å²) in [6.45, 7) is 2.81. The Kier molecular flexibility index (Phi) is 7.02. The molecule has 0 unspecified atom stereocenters. The van der Waals surface area contributed by atoms with E-state index in [2.05, 4.69) is 10.6 Å². The molecule has 6 nitrogen and oxygen atoms in total. The largest absolute Gasteiger partial charge is 0.494 e. The lowest BCUT2D eigenvalue weighted by Gasteiger charge is -2.12. The number of rotatable bonds is 8. The van der Waals surface area contributed by atoms with Crippen molar-refractivity contribution in [3.05, 3.63) is 54.1 Å². The Morgan fingerprint density at radius 3 is 2.42 bits per heavy atom. The second-order valence-electron chi connectivity index (χ2n) is 6.05. The summed E-state index contributed by atoms with van der Waals surface area (Å²) in [5.41, 5.74) is 2.07. The van der Waals surface area contributed by atoms with Crippen LogP contribution in [0.25, 0.3) is 0 Å². The summed E-state index contributed by atoms with van der Waals surface area (Å²) < 4.78 is 5.56. The van der Waals surface area contributed by atoms with E-state index < -0.39 is 0 Å². The van der Waals surface area contributed by atoms with Gasteiger partial charge in [-0.1, -0.05) is 13.0 Å². The normalized spacial score (nSPS) is 10.1. The number of nitrogens with zero attached hydrogens (tertiary/aromatic N) is 1. The molecule has 0 bridgehead atoms. The minimum atomic E-state index is -0.161. The number of carbonyl (C=O) groups is 2. The summed E-state index contributed by atoms with van der Waals surface area (Å²) in [7, 11) is 3.42. The lowest BCUT2D eigenvalue weighted by Crippen LogP contribution is -2.22. The van der Waals surface area contributed by atoms with E-state index in [1.807, 2.05) is 25.1 Å². The molecule has 0 aliphatic carbocycles. The van der Waals surface area contributed by atoms with Crippen molar-refractivity contribution in [3.8, 4) is 5.75 Å². The molecule has 0 atom stereocenters. The second kappa shape index (κ2) is 9.46. The van der Waals surface area contributed by atoms with Crippen LogP contribution >= 0.6 is 0 Å². The van der Waals surface area contributed by atoms with Crippen LogP contribution in [-0.4, -0.2) is 44.0 Å². The van der Waals surface area contributed by atoms with Crippen LogP contribution in [0.1, 0.15) is 23.7 Å². The molecule has 26 heavy (non-hydrogen) atoms. The van der Waals surface area contributed by atoms with Crippen molar-refractivity contribution in [3.63, 3.8) is 0 Å². The van der Waals surface area contributed by atoms with Crippen LogP contribution in [0.4, 0.5) is 11.4 Å². The number of amides is 2. The number of nitrogens with one attached hydrogen (secondary N) is 2. The van der Waals surface area contributed by atoms with Crippen LogP contribution in [0.15, 0.2) is 48.5 Å². The molecule has 0 saturated heterocycles. The fourth-order valence-electron chi connectivity index (χ4n) is 2.26. The molecule has 2 amide bonds. The average Bonchev–Trinajstić information content (AvgIpc) is 2.64. The average molecular weight is 355 g/mol. The van der Waals surface area contributed by atoms with E-state index in [4.69, 9.17) is 4.74 Å². The van der Waals surface area contributed by atoms with Crippen molar-refractivity contribution in [2.45, 2.75) is 13.3 Å². The van der Waals surface area contributed by atoms with E-state index in [9.17, 15) is 9.59 Å². The molecule has 138 valence electrons. The highest BCUT2D eigenvalue weighted by Gasteiger charge is 2.08. The van der Waals surface area contributed by atoms with Gasteiger partial charge in [0, 0.05) is 37.1 Å². The molecular weight excluding hydrogens is 330 g/mol. The Balaban J connectivity index is 1.86. The van der Waals surface area contributed by atoms with Crippen molar-refractivity contribution < 1.29 is 14.3 Å². The Labute approximate surface area is 154 Å². The predicted molar refractivity (Wildman–Crippen MR) is 104 cm³/mol. The molecule has 0 radical (unpaired) electrons. The first-order valence-electron chi connectivity index (χ1n) is 8.58. The van der Waals surface area contributed by atoms with E-state index in [0.717, 1.165) is 17.9 Å². The van der Waals surface area contributed by atoms with Crippen molar-refractivity contribution in [1.82, 2.24) is 4.90 Å². The maximum Gasteiger partial charge on any atom is 0.253 e. The first-order valence-corrected chi connectivity index (χ1v) is 8.58. The molecule has 0 fully saturated rings. The van der Waals surface area contributed by atoms with E-state index >= 15 is 0 Å². The molecule has 0 heterocycles. The Morgan fingerprint density at radius 1 is 1.04 bits per heavy atom. The van der Waals surface area contributed by atoms with Gasteiger partial charge in [0.25, 0.3) is 5.91 Å². The minimum Gasteiger partial charge on any atom is -0.494 e. The third-order valence-electron chi connectivity index (χ3n) is 3.58. The van der Waals surface area contributed by atoms with Gasteiger partial charge in [-0.15, -0.1) is 0 Å². The lowest BCUT2D eigenvalue weighted by atomic mass is 10.2. The van der Waals surface area contributed by atoms with Gasteiger partial charge in [0.15, 0.2) is 0 Å². The molecule has 0 aliphatic heterocycles. The third kappa shape index (κ3) is 5.81. The SMILES string of the molecule is CCCOc1cccc(NC(=O)CNc2ccc(C(=O)N(C)C)cc2)c1. The fraction of sp³-hybridized carbons (Fsp3) is 0.300. The Morgan fingerprint density at radius 2 is 1.77 bits per heavy atom. The van der Waals surface area contributed by atoms with Gasteiger partial charge in [0.05, 0.1) is 13.2 Å². The van der Waals surface area contributed by atoms with Crippen LogP contribution in [0, 0.1) is 0 Å². The third-order valence-corrected chi connectivity index (χ3v) is 3.58. The second-order valence-corrected chi connectivity index (χ2v) is 6.05. The molecule has 2 aromatic rings. The molecule has 2 aromatic carbocycles. The van der Waals surface area contributed by atoms with Crippen LogP contribution in [0.3, 0.4) is 0 Å². The Bertz CT molecular complexity index is 742. The number of hydrogen-bond donors (Lipinski definition) is 2. The summed E-state index contributed by atoms with van der Waals surface area (Å²) >= 11 is 0.